The molecule has 1 aliphatic carbocycles. The predicted molar refractivity (Wildman–Crippen MR) is 117 cm³/mol. The number of ketones is 1. The normalized spacial score (nSPS) is 20.7. The second-order valence-corrected chi connectivity index (χ2v) is 9.91. The molecule has 31 heavy (non-hydrogen) atoms. The summed E-state index contributed by atoms with van der Waals surface area (Å²) in [5.74, 6) is -2.38. The molecular weight excluding hydrogens is 416 g/mol. The topological polar surface area (TPSA) is 70.1 Å². The number of carbonyl (C=O) groups is 1. The number of rotatable bonds is 3. The van der Waals surface area contributed by atoms with Crippen LogP contribution in [0.15, 0.2) is 53.0 Å². The van der Waals surface area contributed by atoms with E-state index in [1.54, 1.807) is 0 Å². The number of hydrogen-bond acceptors (Lipinski definition) is 5. The molecule has 0 fully saturated rings. The zero-order valence-electron chi connectivity index (χ0n) is 17.6. The van der Waals surface area contributed by atoms with Gasteiger partial charge in [-0.3, -0.25) is 9.69 Å². The minimum Gasteiger partial charge on any atom is -0.384 e. The lowest BCUT2D eigenvalue weighted by Crippen LogP contribution is -2.42. The fraction of sp³-hybridized carbons (Fsp3) is 0.333. The summed E-state index contributed by atoms with van der Waals surface area (Å²) >= 11 is 1.53. The molecule has 2 aliphatic rings. The minimum absolute atomic E-state index is 0.0350. The molecule has 0 saturated heterocycles. The molecular formula is C24H23F2N3OS. The van der Waals surface area contributed by atoms with Crippen LogP contribution in [-0.2, 0) is 11.2 Å². The number of nitrogens with two attached hydrogens (primary N) is 1. The highest BCUT2D eigenvalue weighted by atomic mass is 32.1. The van der Waals surface area contributed by atoms with E-state index < -0.39 is 23.0 Å². The molecule has 4 rings (SSSR count). The molecule has 0 spiro atoms. The van der Waals surface area contributed by atoms with Crippen molar-refractivity contribution in [2.75, 3.05) is 4.90 Å². The third kappa shape index (κ3) is 3.45. The summed E-state index contributed by atoms with van der Waals surface area (Å²) in [4.78, 5) is 16.6. The lowest BCUT2D eigenvalue weighted by Gasteiger charge is -2.43. The van der Waals surface area contributed by atoms with Crippen molar-refractivity contribution in [1.82, 2.24) is 0 Å². The number of allylic oxidation sites excluding steroid dienone is 3. The molecule has 1 aromatic heterocycles. The van der Waals surface area contributed by atoms with E-state index in [0.717, 1.165) is 28.3 Å². The van der Waals surface area contributed by atoms with Crippen molar-refractivity contribution >= 4 is 22.8 Å². The van der Waals surface area contributed by atoms with Crippen molar-refractivity contribution in [2.45, 2.75) is 46.0 Å². The van der Waals surface area contributed by atoms with E-state index in [1.165, 1.54) is 22.3 Å². The first-order valence-electron chi connectivity index (χ1n) is 10.2. The van der Waals surface area contributed by atoms with Crippen molar-refractivity contribution in [1.29, 1.82) is 5.26 Å². The number of aryl methyl sites for hydroxylation is 1. The zero-order chi connectivity index (χ0) is 22.5. The van der Waals surface area contributed by atoms with Crippen molar-refractivity contribution in [2.24, 2.45) is 11.1 Å². The van der Waals surface area contributed by atoms with Gasteiger partial charge in [0.05, 0.1) is 17.6 Å². The molecule has 1 aliphatic heterocycles. The van der Waals surface area contributed by atoms with E-state index in [0.29, 0.717) is 24.1 Å². The molecule has 7 heteroatoms. The van der Waals surface area contributed by atoms with Crippen molar-refractivity contribution in [3.63, 3.8) is 0 Å². The summed E-state index contributed by atoms with van der Waals surface area (Å²) < 4.78 is 29.6. The number of para-hydroxylation sites is 1. The maximum Gasteiger partial charge on any atom is 0.162 e. The van der Waals surface area contributed by atoms with Crippen molar-refractivity contribution in [3.8, 4) is 6.07 Å². The first kappa shape index (κ1) is 21.3. The van der Waals surface area contributed by atoms with E-state index in [2.05, 4.69) is 6.07 Å². The summed E-state index contributed by atoms with van der Waals surface area (Å²) in [6, 6.07) is 9.59. The summed E-state index contributed by atoms with van der Waals surface area (Å²) in [6.45, 7) is 5.92. The predicted octanol–water partition coefficient (Wildman–Crippen LogP) is 5.53. The van der Waals surface area contributed by atoms with Crippen LogP contribution in [0.1, 0.15) is 49.3 Å². The smallest absolute Gasteiger partial charge is 0.162 e. The molecule has 0 amide bonds. The van der Waals surface area contributed by atoms with E-state index in [1.807, 2.05) is 32.9 Å². The van der Waals surface area contributed by atoms with Crippen LogP contribution in [0.2, 0.25) is 0 Å². The third-order valence-electron chi connectivity index (χ3n) is 5.86. The fourth-order valence-electron chi connectivity index (χ4n) is 4.49. The monoisotopic (exact) mass is 439 g/mol. The van der Waals surface area contributed by atoms with Gasteiger partial charge in [-0.25, -0.2) is 8.78 Å². The van der Waals surface area contributed by atoms with Gasteiger partial charge in [-0.05, 0) is 42.5 Å². The number of carbonyl (C=O) groups excluding carboxylic acids is 1. The van der Waals surface area contributed by atoms with Crippen LogP contribution in [0.3, 0.4) is 0 Å². The van der Waals surface area contributed by atoms with Gasteiger partial charge < -0.3 is 5.73 Å². The molecule has 2 heterocycles. The van der Waals surface area contributed by atoms with E-state index in [9.17, 15) is 18.8 Å². The second-order valence-electron chi connectivity index (χ2n) is 8.71. The first-order chi connectivity index (χ1) is 14.7. The average Bonchev–Trinajstić information content (AvgIpc) is 3.17. The van der Waals surface area contributed by atoms with Crippen LogP contribution >= 0.6 is 11.3 Å². The largest absolute Gasteiger partial charge is 0.384 e. The quantitative estimate of drug-likeness (QED) is 0.683. The molecule has 0 radical (unpaired) electrons. The van der Waals surface area contributed by atoms with Crippen LogP contribution in [0, 0.1) is 28.4 Å². The Labute approximate surface area is 184 Å². The Balaban J connectivity index is 2.03. The Hall–Kier alpha value is -2.98. The molecule has 2 aromatic rings. The number of nitriles is 1. The van der Waals surface area contributed by atoms with Gasteiger partial charge in [0, 0.05) is 27.4 Å². The summed E-state index contributed by atoms with van der Waals surface area (Å²) in [5, 5.41) is 10.0. The minimum atomic E-state index is -0.800. The first-order valence-corrected chi connectivity index (χ1v) is 11.0. The Bertz CT molecular complexity index is 1170. The Morgan fingerprint density at radius 3 is 2.48 bits per heavy atom. The zero-order valence-corrected chi connectivity index (χ0v) is 18.4. The molecule has 2 N–H and O–H groups in total. The Kier molecular flexibility index (Phi) is 5.22. The number of thiophene rings is 1. The average molecular weight is 440 g/mol. The molecule has 0 bridgehead atoms. The van der Waals surface area contributed by atoms with Crippen LogP contribution in [-0.4, -0.2) is 5.78 Å². The lowest BCUT2D eigenvalue weighted by atomic mass is 9.69. The van der Waals surface area contributed by atoms with Crippen LogP contribution < -0.4 is 10.6 Å². The molecule has 1 atom stereocenters. The van der Waals surface area contributed by atoms with Crippen molar-refractivity contribution in [3.05, 3.63) is 74.4 Å². The van der Waals surface area contributed by atoms with E-state index in [4.69, 9.17) is 5.73 Å². The Morgan fingerprint density at radius 2 is 1.90 bits per heavy atom. The number of nitrogens with zero attached hydrogens (tertiary/aromatic N) is 2. The number of Topliss-reactive ketones (excluding diaryl/α,β-unsaturated/α-hetero) is 1. The molecule has 1 unspecified atom stereocenters. The SMILES string of the molecule is CCc1ccc(C2C(C#N)=C(N)N(c3c(F)cccc3F)C3=C2C(=O)CC(C)(C)C3)s1. The van der Waals surface area contributed by atoms with Crippen LogP contribution in [0.4, 0.5) is 14.5 Å². The van der Waals surface area contributed by atoms with Gasteiger partial charge in [-0.15, -0.1) is 11.3 Å². The molecule has 160 valence electrons. The maximum absolute atomic E-state index is 14.8. The van der Waals surface area contributed by atoms with E-state index >= 15 is 0 Å². The second kappa shape index (κ2) is 7.61. The molecule has 4 nitrogen and oxygen atoms in total. The van der Waals surface area contributed by atoms with Crippen molar-refractivity contribution < 1.29 is 13.6 Å². The summed E-state index contributed by atoms with van der Waals surface area (Å²) in [7, 11) is 0. The fourth-order valence-corrected chi connectivity index (χ4v) is 5.56. The molecule has 1 aromatic carbocycles. The number of halogens is 2. The molecule has 0 saturated carbocycles. The number of anilines is 1. The van der Waals surface area contributed by atoms with Gasteiger partial charge in [0.2, 0.25) is 0 Å². The van der Waals surface area contributed by atoms with Crippen LogP contribution in [0.5, 0.6) is 0 Å². The highest BCUT2D eigenvalue weighted by Crippen LogP contribution is 2.51. The highest BCUT2D eigenvalue weighted by Gasteiger charge is 2.46. The standard InChI is InChI=1S/C24H23F2N3OS/c1-4-13-8-9-19(31-13)20-14(12-27)23(28)29(22-15(25)6-5-7-16(22)26)17-10-24(2,3)11-18(30)21(17)20/h5-9,20H,4,10-11,28H2,1-3H3. The Morgan fingerprint density at radius 1 is 1.23 bits per heavy atom. The van der Waals surface area contributed by atoms with Gasteiger partial charge in [0.15, 0.2) is 5.78 Å². The number of hydrogen-bond donors (Lipinski definition) is 1. The third-order valence-corrected chi connectivity index (χ3v) is 7.15. The summed E-state index contributed by atoms with van der Waals surface area (Å²) in [5.41, 5.74) is 6.68. The highest BCUT2D eigenvalue weighted by molar-refractivity contribution is 7.12. The van der Waals surface area contributed by atoms with Gasteiger partial charge in [-0.1, -0.05) is 26.8 Å². The van der Waals surface area contributed by atoms with Gasteiger partial charge in [0.1, 0.15) is 23.1 Å². The summed E-state index contributed by atoms with van der Waals surface area (Å²) in [6.07, 6.45) is 1.53. The van der Waals surface area contributed by atoms with E-state index in [-0.39, 0.29) is 22.9 Å². The maximum atomic E-state index is 14.8. The van der Waals surface area contributed by atoms with Gasteiger partial charge in [0.25, 0.3) is 0 Å². The van der Waals surface area contributed by atoms with Crippen LogP contribution in [0.25, 0.3) is 0 Å². The number of benzene rings is 1. The van der Waals surface area contributed by atoms with Gasteiger partial charge in [-0.2, -0.15) is 5.26 Å². The lowest BCUT2D eigenvalue weighted by molar-refractivity contribution is -0.118. The van der Waals surface area contributed by atoms with Gasteiger partial charge >= 0.3 is 0 Å².